The monoisotopic (exact) mass is 372 g/mol. The Morgan fingerprint density at radius 2 is 2.04 bits per heavy atom. The molecule has 3 aromatic rings. The van der Waals surface area contributed by atoms with Gasteiger partial charge in [-0.15, -0.1) is 11.3 Å². The minimum atomic E-state index is -1.15. The Morgan fingerprint density at radius 1 is 1.35 bits per heavy atom. The molecule has 0 saturated carbocycles. The van der Waals surface area contributed by atoms with Gasteiger partial charge in [-0.25, -0.2) is 4.98 Å². The molecule has 0 radical (unpaired) electrons. The molecule has 136 valence electrons. The zero-order chi connectivity index (χ0) is 18.8. The lowest BCUT2D eigenvalue weighted by atomic mass is 10.1. The number of carbonyl (C=O) groups excluding carboxylic acids is 2. The average Bonchev–Trinajstić information content (AvgIpc) is 3.19. The van der Waals surface area contributed by atoms with E-state index in [-0.39, 0.29) is 0 Å². The molecule has 2 amide bonds. The maximum absolute atomic E-state index is 12.5. The highest BCUT2D eigenvalue weighted by Gasteiger charge is 2.25. The molecule has 0 bridgehead atoms. The highest BCUT2D eigenvalue weighted by Crippen LogP contribution is 2.24. The number of aryl methyl sites for hydroxylation is 1. The third-order valence-corrected chi connectivity index (χ3v) is 5.02. The van der Waals surface area contributed by atoms with E-state index in [0.29, 0.717) is 10.7 Å². The van der Waals surface area contributed by atoms with Crippen molar-refractivity contribution in [2.45, 2.75) is 32.4 Å². The number of primary amides is 1. The lowest BCUT2D eigenvalue weighted by molar-refractivity contribution is -0.122. The number of carbonyl (C=O) groups is 2. The van der Waals surface area contributed by atoms with Crippen LogP contribution in [0.25, 0.3) is 16.2 Å². The van der Waals surface area contributed by atoms with E-state index in [4.69, 9.17) is 5.73 Å². The predicted molar refractivity (Wildman–Crippen MR) is 100 cm³/mol. The Bertz CT molecular complexity index is 943. The standard InChI is InChI=1S/C18H20N4O3S/c1-3-11-4-6-12(7-5-11)13-8-22-14(9-26-18(22)20-13)17(25)21-15(10(2)23)16(19)24/h4-10,15,23H,3H2,1-2H3,(H2,19,24)(H,21,25)/t10-,15+/m1/s1. The van der Waals surface area contributed by atoms with Crippen molar-refractivity contribution in [3.8, 4) is 11.3 Å². The number of benzene rings is 1. The van der Waals surface area contributed by atoms with E-state index in [2.05, 4.69) is 29.4 Å². The van der Waals surface area contributed by atoms with E-state index in [1.807, 2.05) is 12.1 Å². The van der Waals surface area contributed by atoms with Crippen LogP contribution in [0, 0.1) is 0 Å². The largest absolute Gasteiger partial charge is 0.391 e. The van der Waals surface area contributed by atoms with E-state index in [9.17, 15) is 14.7 Å². The van der Waals surface area contributed by atoms with Crippen LogP contribution in [0.4, 0.5) is 0 Å². The maximum Gasteiger partial charge on any atom is 0.269 e. The minimum absolute atomic E-state index is 0.334. The van der Waals surface area contributed by atoms with Crippen molar-refractivity contribution in [2.75, 3.05) is 0 Å². The van der Waals surface area contributed by atoms with Gasteiger partial charge in [-0.05, 0) is 18.9 Å². The number of thiazole rings is 1. The van der Waals surface area contributed by atoms with Crippen LogP contribution in [0.15, 0.2) is 35.8 Å². The Morgan fingerprint density at radius 3 is 2.62 bits per heavy atom. The number of nitrogens with one attached hydrogen (secondary N) is 1. The summed E-state index contributed by atoms with van der Waals surface area (Å²) in [5, 5.41) is 13.7. The van der Waals surface area contributed by atoms with Gasteiger partial charge in [0.15, 0.2) is 4.96 Å². The van der Waals surface area contributed by atoms with Gasteiger partial charge in [-0.1, -0.05) is 31.2 Å². The van der Waals surface area contributed by atoms with Gasteiger partial charge in [-0.2, -0.15) is 0 Å². The van der Waals surface area contributed by atoms with Crippen molar-refractivity contribution in [3.05, 3.63) is 47.1 Å². The van der Waals surface area contributed by atoms with Crippen molar-refractivity contribution in [1.82, 2.24) is 14.7 Å². The molecule has 1 aromatic carbocycles. The fraction of sp³-hybridized carbons (Fsp3) is 0.278. The smallest absolute Gasteiger partial charge is 0.269 e. The van der Waals surface area contributed by atoms with Gasteiger partial charge in [0.25, 0.3) is 5.91 Å². The zero-order valence-electron chi connectivity index (χ0n) is 14.5. The second-order valence-electron chi connectivity index (χ2n) is 6.04. The molecule has 2 atom stereocenters. The highest BCUT2D eigenvalue weighted by atomic mass is 32.1. The molecule has 7 nitrogen and oxygen atoms in total. The van der Waals surface area contributed by atoms with Crippen LogP contribution in [0.1, 0.15) is 29.9 Å². The minimum Gasteiger partial charge on any atom is -0.391 e. The fourth-order valence-corrected chi connectivity index (χ4v) is 3.50. The van der Waals surface area contributed by atoms with Gasteiger partial charge in [0.2, 0.25) is 5.91 Å². The van der Waals surface area contributed by atoms with Crippen LogP contribution in [0.3, 0.4) is 0 Å². The van der Waals surface area contributed by atoms with Crippen molar-refractivity contribution in [1.29, 1.82) is 0 Å². The van der Waals surface area contributed by atoms with Crippen LogP contribution in [0.5, 0.6) is 0 Å². The topological polar surface area (TPSA) is 110 Å². The summed E-state index contributed by atoms with van der Waals surface area (Å²) in [5.74, 6) is -1.28. The van der Waals surface area contributed by atoms with Gasteiger partial charge in [0, 0.05) is 17.1 Å². The van der Waals surface area contributed by atoms with Crippen molar-refractivity contribution < 1.29 is 14.7 Å². The third-order valence-electron chi connectivity index (χ3n) is 4.18. The van der Waals surface area contributed by atoms with Crippen LogP contribution in [-0.4, -0.2) is 38.5 Å². The Labute approximate surface area is 154 Å². The molecule has 0 spiro atoms. The number of hydrogen-bond donors (Lipinski definition) is 3. The molecule has 0 aliphatic carbocycles. The SMILES string of the molecule is CCc1ccc(-c2cn3c(C(=O)N[C@H](C(N)=O)[C@@H](C)O)csc3n2)cc1. The van der Waals surface area contributed by atoms with Crippen molar-refractivity contribution in [2.24, 2.45) is 5.73 Å². The van der Waals surface area contributed by atoms with Gasteiger partial charge >= 0.3 is 0 Å². The first-order valence-electron chi connectivity index (χ1n) is 8.24. The molecule has 0 aliphatic heterocycles. The number of aliphatic hydroxyl groups is 1. The van der Waals surface area contributed by atoms with E-state index in [0.717, 1.165) is 17.7 Å². The molecule has 0 unspecified atom stereocenters. The van der Waals surface area contributed by atoms with E-state index in [1.54, 1.807) is 16.0 Å². The number of nitrogens with zero attached hydrogens (tertiary/aromatic N) is 2. The molecule has 0 fully saturated rings. The number of imidazole rings is 1. The van der Waals surface area contributed by atoms with Gasteiger partial charge < -0.3 is 16.2 Å². The molecular formula is C18H20N4O3S. The molecule has 8 heteroatoms. The predicted octanol–water partition coefficient (Wildman–Crippen LogP) is 1.59. The van der Waals surface area contributed by atoms with Crippen LogP contribution in [-0.2, 0) is 11.2 Å². The summed E-state index contributed by atoms with van der Waals surface area (Å²) in [7, 11) is 0. The number of amides is 2. The Hall–Kier alpha value is -2.71. The van der Waals surface area contributed by atoms with Gasteiger partial charge in [-0.3, -0.25) is 14.0 Å². The van der Waals surface area contributed by atoms with Gasteiger partial charge in [0.05, 0.1) is 11.8 Å². The molecule has 26 heavy (non-hydrogen) atoms. The Balaban J connectivity index is 1.89. The summed E-state index contributed by atoms with van der Waals surface area (Å²) < 4.78 is 1.67. The molecule has 0 aliphatic rings. The van der Waals surface area contributed by atoms with Crippen LogP contribution >= 0.6 is 11.3 Å². The van der Waals surface area contributed by atoms with E-state index < -0.39 is 24.0 Å². The number of nitrogens with two attached hydrogens (primary N) is 1. The Kier molecular flexibility index (Phi) is 5.06. The lowest BCUT2D eigenvalue weighted by Gasteiger charge is -2.17. The molecule has 0 saturated heterocycles. The fourth-order valence-electron chi connectivity index (χ4n) is 2.64. The quantitative estimate of drug-likeness (QED) is 0.610. The normalized spacial score (nSPS) is 13.5. The summed E-state index contributed by atoms with van der Waals surface area (Å²) in [6, 6.07) is 6.96. The summed E-state index contributed by atoms with van der Waals surface area (Å²) in [4.78, 5) is 29.1. The summed E-state index contributed by atoms with van der Waals surface area (Å²) in [5.41, 5.74) is 8.52. The number of aliphatic hydroxyl groups excluding tert-OH is 1. The van der Waals surface area contributed by atoms with Crippen LogP contribution in [0.2, 0.25) is 0 Å². The number of fused-ring (bicyclic) bond motifs is 1. The second kappa shape index (κ2) is 7.27. The number of hydrogen-bond acceptors (Lipinski definition) is 5. The second-order valence-corrected chi connectivity index (χ2v) is 6.88. The number of rotatable bonds is 6. The first kappa shape index (κ1) is 18.1. The maximum atomic E-state index is 12.5. The third kappa shape index (κ3) is 3.47. The summed E-state index contributed by atoms with van der Waals surface area (Å²) in [6.45, 7) is 3.49. The van der Waals surface area contributed by atoms with Crippen LogP contribution < -0.4 is 11.1 Å². The molecule has 4 N–H and O–H groups in total. The summed E-state index contributed by atoms with van der Waals surface area (Å²) >= 11 is 1.32. The van der Waals surface area contributed by atoms with E-state index in [1.165, 1.54) is 23.8 Å². The van der Waals surface area contributed by atoms with Crippen molar-refractivity contribution in [3.63, 3.8) is 0 Å². The zero-order valence-corrected chi connectivity index (χ0v) is 15.3. The lowest BCUT2D eigenvalue weighted by Crippen LogP contribution is -2.50. The average molecular weight is 372 g/mol. The molecule has 2 heterocycles. The first-order chi connectivity index (χ1) is 12.4. The van der Waals surface area contributed by atoms with Crippen molar-refractivity contribution >= 4 is 28.1 Å². The molecule has 2 aromatic heterocycles. The highest BCUT2D eigenvalue weighted by molar-refractivity contribution is 7.15. The molecule has 3 rings (SSSR count). The van der Waals surface area contributed by atoms with Gasteiger partial charge in [0.1, 0.15) is 11.7 Å². The number of aromatic nitrogens is 2. The van der Waals surface area contributed by atoms with E-state index >= 15 is 0 Å². The first-order valence-corrected chi connectivity index (χ1v) is 9.12. The molecular weight excluding hydrogens is 352 g/mol. The summed E-state index contributed by atoms with van der Waals surface area (Å²) in [6.07, 6.45) is 1.66.